The Hall–Kier alpha value is -0.900. The summed E-state index contributed by atoms with van der Waals surface area (Å²) in [4.78, 5) is 24.3. The van der Waals surface area contributed by atoms with Crippen LogP contribution in [0.5, 0.6) is 0 Å². The van der Waals surface area contributed by atoms with E-state index < -0.39 is 11.9 Å². The molecule has 0 aromatic heterocycles. The molecule has 4 heteroatoms. The molecule has 0 aromatic carbocycles. The number of Topliss-reactive ketones (excluding diaryl/α,β-unsaturated/α-hetero) is 1. The van der Waals surface area contributed by atoms with Crippen molar-refractivity contribution in [2.24, 2.45) is 5.92 Å². The van der Waals surface area contributed by atoms with Crippen LogP contribution in [0.2, 0.25) is 0 Å². The van der Waals surface area contributed by atoms with Crippen molar-refractivity contribution in [3.05, 3.63) is 0 Å². The molecule has 2 rings (SSSR count). The number of rotatable bonds is 1. The highest BCUT2D eigenvalue weighted by atomic mass is 16.4. The molecule has 72 valence electrons. The number of ketones is 1. The average molecular weight is 183 g/mol. The van der Waals surface area contributed by atoms with E-state index in [1.165, 1.54) is 0 Å². The summed E-state index contributed by atoms with van der Waals surface area (Å²) >= 11 is 0. The Balaban J connectivity index is 2.27. The highest BCUT2D eigenvalue weighted by Gasteiger charge is 2.48. The van der Waals surface area contributed by atoms with E-state index in [1.807, 2.05) is 7.05 Å². The van der Waals surface area contributed by atoms with E-state index in [1.54, 1.807) is 0 Å². The third kappa shape index (κ3) is 1.16. The first-order chi connectivity index (χ1) is 6.11. The average Bonchev–Trinajstić information content (AvgIpc) is 2.34. The van der Waals surface area contributed by atoms with Crippen molar-refractivity contribution in [1.82, 2.24) is 4.90 Å². The highest BCUT2D eigenvalue weighted by Crippen LogP contribution is 2.35. The minimum Gasteiger partial charge on any atom is -0.481 e. The van der Waals surface area contributed by atoms with Gasteiger partial charge in [-0.15, -0.1) is 0 Å². The number of fused-ring (bicyclic) bond motifs is 2. The van der Waals surface area contributed by atoms with Crippen LogP contribution in [0.25, 0.3) is 0 Å². The van der Waals surface area contributed by atoms with Crippen LogP contribution < -0.4 is 0 Å². The zero-order chi connectivity index (χ0) is 9.59. The Labute approximate surface area is 76.5 Å². The quantitative estimate of drug-likeness (QED) is 0.587. The number of carboxylic acid groups (broad SMARTS) is 1. The van der Waals surface area contributed by atoms with Gasteiger partial charge in [0, 0.05) is 18.5 Å². The lowest BCUT2D eigenvalue weighted by Gasteiger charge is -2.34. The predicted molar refractivity (Wildman–Crippen MR) is 45.3 cm³/mol. The van der Waals surface area contributed by atoms with Crippen LogP contribution in [0.4, 0.5) is 0 Å². The van der Waals surface area contributed by atoms with Crippen molar-refractivity contribution in [1.29, 1.82) is 0 Å². The summed E-state index contributed by atoms with van der Waals surface area (Å²) in [6.07, 6.45) is 2.24. The van der Waals surface area contributed by atoms with Gasteiger partial charge in [-0.05, 0) is 19.9 Å². The summed E-state index contributed by atoms with van der Waals surface area (Å²) in [5.41, 5.74) is 0. The van der Waals surface area contributed by atoms with Gasteiger partial charge in [0.15, 0.2) is 0 Å². The number of hydrogen-bond donors (Lipinski definition) is 1. The van der Waals surface area contributed by atoms with Crippen LogP contribution >= 0.6 is 0 Å². The molecule has 2 bridgehead atoms. The molecule has 1 N–H and O–H groups in total. The van der Waals surface area contributed by atoms with Gasteiger partial charge in [0.05, 0.1) is 0 Å². The number of hydrogen-bond acceptors (Lipinski definition) is 3. The van der Waals surface area contributed by atoms with E-state index >= 15 is 0 Å². The van der Waals surface area contributed by atoms with Crippen LogP contribution in [-0.4, -0.2) is 40.9 Å². The molecular formula is C9H13NO3. The topological polar surface area (TPSA) is 57.6 Å². The van der Waals surface area contributed by atoms with Crippen LogP contribution in [0.3, 0.4) is 0 Å². The Bertz CT molecular complexity index is 264. The number of carbonyl (C=O) groups excluding carboxylic acids is 1. The van der Waals surface area contributed by atoms with Crippen molar-refractivity contribution in [3.8, 4) is 0 Å². The molecule has 2 unspecified atom stereocenters. The van der Waals surface area contributed by atoms with Gasteiger partial charge >= 0.3 is 5.97 Å². The zero-order valence-corrected chi connectivity index (χ0v) is 7.56. The summed E-state index contributed by atoms with van der Waals surface area (Å²) in [6.45, 7) is 0. The fourth-order valence-corrected chi connectivity index (χ4v) is 2.57. The maximum atomic E-state index is 11.4. The van der Waals surface area contributed by atoms with E-state index in [0.717, 1.165) is 12.8 Å². The van der Waals surface area contributed by atoms with E-state index in [4.69, 9.17) is 5.11 Å². The Morgan fingerprint density at radius 2 is 2.23 bits per heavy atom. The van der Waals surface area contributed by atoms with Crippen LogP contribution in [0.15, 0.2) is 0 Å². The molecule has 2 aliphatic heterocycles. The lowest BCUT2D eigenvalue weighted by Crippen LogP contribution is -2.49. The summed E-state index contributed by atoms with van der Waals surface area (Å²) < 4.78 is 0. The van der Waals surface area contributed by atoms with Crippen molar-refractivity contribution < 1.29 is 14.7 Å². The largest absolute Gasteiger partial charge is 0.481 e. The Morgan fingerprint density at radius 1 is 1.54 bits per heavy atom. The van der Waals surface area contributed by atoms with Crippen molar-refractivity contribution in [3.63, 3.8) is 0 Å². The fourth-order valence-electron chi connectivity index (χ4n) is 2.57. The summed E-state index contributed by atoms with van der Waals surface area (Å²) in [5, 5.41) is 8.90. The van der Waals surface area contributed by atoms with Gasteiger partial charge in [-0.25, -0.2) is 0 Å². The molecular weight excluding hydrogens is 170 g/mol. The normalized spacial score (nSPS) is 39.5. The zero-order valence-electron chi connectivity index (χ0n) is 7.56. The van der Waals surface area contributed by atoms with Crippen molar-refractivity contribution in [2.75, 3.05) is 7.05 Å². The van der Waals surface area contributed by atoms with Crippen LogP contribution in [0.1, 0.15) is 19.3 Å². The molecule has 3 atom stereocenters. The monoisotopic (exact) mass is 183 g/mol. The van der Waals surface area contributed by atoms with E-state index in [2.05, 4.69) is 4.90 Å². The Morgan fingerprint density at radius 3 is 2.85 bits per heavy atom. The number of carbonyl (C=O) groups is 2. The molecule has 2 heterocycles. The van der Waals surface area contributed by atoms with Gasteiger partial charge in [0.2, 0.25) is 0 Å². The summed E-state index contributed by atoms with van der Waals surface area (Å²) in [5.74, 6) is -1.82. The Kier molecular flexibility index (Phi) is 1.87. The first kappa shape index (κ1) is 8.69. The third-order valence-corrected chi connectivity index (χ3v) is 3.33. The van der Waals surface area contributed by atoms with Crippen molar-refractivity contribution >= 4 is 11.8 Å². The van der Waals surface area contributed by atoms with Gasteiger partial charge in [0.1, 0.15) is 11.7 Å². The summed E-state index contributed by atoms with van der Waals surface area (Å²) in [7, 11) is 1.92. The predicted octanol–water partition coefficient (Wildman–Crippen LogP) is 0.123. The van der Waals surface area contributed by atoms with E-state index in [9.17, 15) is 9.59 Å². The fraction of sp³-hybridized carbons (Fsp3) is 0.778. The van der Waals surface area contributed by atoms with Gasteiger partial charge in [-0.2, -0.15) is 0 Å². The van der Waals surface area contributed by atoms with E-state index in [0.29, 0.717) is 12.5 Å². The molecule has 2 saturated heterocycles. The molecule has 0 amide bonds. The van der Waals surface area contributed by atoms with Gasteiger partial charge in [-0.1, -0.05) is 0 Å². The first-order valence-electron chi connectivity index (χ1n) is 4.58. The molecule has 2 fully saturated rings. The number of nitrogens with zero attached hydrogens (tertiary/aromatic N) is 1. The number of carboxylic acids is 1. The molecule has 0 aromatic rings. The number of aliphatic carboxylic acids is 1. The maximum Gasteiger partial charge on any atom is 0.315 e. The van der Waals surface area contributed by atoms with Gasteiger partial charge < -0.3 is 5.11 Å². The van der Waals surface area contributed by atoms with Crippen molar-refractivity contribution in [2.45, 2.75) is 31.3 Å². The standard InChI is InChI=1S/C9H13NO3/c1-10-5-2-3-6(10)8(9(12)13)7(11)4-5/h5-6,8H,2-4H2,1H3,(H,12,13)/t5?,6?,8-/m1/s1. The molecule has 0 aliphatic carbocycles. The van der Waals surface area contributed by atoms with Crippen LogP contribution in [-0.2, 0) is 9.59 Å². The lowest BCUT2D eigenvalue weighted by molar-refractivity contribution is -0.151. The first-order valence-corrected chi connectivity index (χ1v) is 4.58. The second kappa shape index (κ2) is 2.80. The third-order valence-electron chi connectivity index (χ3n) is 3.33. The number of piperidine rings is 1. The second-order valence-corrected chi connectivity index (χ2v) is 3.95. The van der Waals surface area contributed by atoms with E-state index in [-0.39, 0.29) is 11.8 Å². The maximum absolute atomic E-state index is 11.4. The molecule has 0 radical (unpaired) electrons. The van der Waals surface area contributed by atoms with Gasteiger partial charge in [0.25, 0.3) is 0 Å². The van der Waals surface area contributed by atoms with Gasteiger partial charge in [-0.3, -0.25) is 14.5 Å². The minimum atomic E-state index is -0.956. The smallest absolute Gasteiger partial charge is 0.315 e. The molecule has 0 spiro atoms. The molecule has 4 nitrogen and oxygen atoms in total. The summed E-state index contributed by atoms with van der Waals surface area (Å²) in [6, 6.07) is 0.247. The SMILES string of the molecule is CN1C2CCC1[C@@H](C(=O)O)C(=O)C2. The second-order valence-electron chi connectivity index (χ2n) is 3.95. The molecule has 2 aliphatic rings. The molecule has 0 saturated carbocycles. The van der Waals surface area contributed by atoms with Crippen LogP contribution in [0, 0.1) is 5.92 Å². The highest BCUT2D eigenvalue weighted by molar-refractivity contribution is 6.00. The lowest BCUT2D eigenvalue weighted by atomic mass is 9.89. The minimum absolute atomic E-state index is 0.0521. The molecule has 13 heavy (non-hydrogen) atoms.